The smallest absolute Gasteiger partial charge is 0.270 e. The van der Waals surface area contributed by atoms with E-state index in [-0.39, 0.29) is 30.0 Å². The van der Waals surface area contributed by atoms with Gasteiger partial charge in [-0.2, -0.15) is 4.80 Å². The number of pyridine rings is 1. The zero-order valence-electron chi connectivity index (χ0n) is 18.0. The summed E-state index contributed by atoms with van der Waals surface area (Å²) in [4.78, 5) is 18.5. The lowest BCUT2D eigenvalue weighted by Crippen LogP contribution is -2.24. The average Bonchev–Trinajstić information content (AvgIpc) is 3.41. The number of nitrogens with one attached hydrogen (secondary N) is 1. The topological polar surface area (TPSA) is 115 Å². The maximum absolute atomic E-state index is 13.6. The van der Waals surface area contributed by atoms with Gasteiger partial charge in [-0.15, -0.1) is 10.2 Å². The van der Waals surface area contributed by atoms with Gasteiger partial charge in [0.1, 0.15) is 5.69 Å². The Morgan fingerprint density at radius 2 is 2.16 bits per heavy atom. The van der Waals surface area contributed by atoms with Gasteiger partial charge in [-0.1, -0.05) is 6.07 Å². The van der Waals surface area contributed by atoms with Crippen molar-refractivity contribution in [2.24, 2.45) is 5.92 Å². The van der Waals surface area contributed by atoms with Crippen LogP contribution in [0, 0.1) is 18.7 Å². The molecule has 168 valence electrons. The fraction of sp³-hybridized carbons (Fsp3) is 0.409. The monoisotopic (exact) mass is 440 g/mol. The normalized spacial score (nSPS) is 18.0. The number of tetrazole rings is 1. The van der Waals surface area contributed by atoms with Crippen LogP contribution in [0.3, 0.4) is 0 Å². The van der Waals surface area contributed by atoms with Gasteiger partial charge in [-0.3, -0.25) is 4.79 Å². The van der Waals surface area contributed by atoms with Gasteiger partial charge >= 0.3 is 0 Å². The van der Waals surface area contributed by atoms with E-state index < -0.39 is 5.82 Å². The van der Waals surface area contributed by atoms with Crippen LogP contribution in [0.1, 0.15) is 41.0 Å². The van der Waals surface area contributed by atoms with Gasteiger partial charge in [0.2, 0.25) is 5.82 Å². The predicted octanol–water partition coefficient (Wildman–Crippen LogP) is 2.28. The lowest BCUT2D eigenvalue weighted by atomic mass is 10.1. The number of aromatic nitrogens is 5. The number of benzene rings is 1. The summed E-state index contributed by atoms with van der Waals surface area (Å²) in [5.74, 6) is 0.0285. The number of aliphatic hydroxyl groups is 1. The molecule has 0 bridgehead atoms. The van der Waals surface area contributed by atoms with Crippen molar-refractivity contribution in [1.82, 2.24) is 30.5 Å². The van der Waals surface area contributed by atoms with Crippen molar-refractivity contribution in [3.8, 4) is 17.1 Å². The van der Waals surface area contributed by atoms with Gasteiger partial charge in [-0.05, 0) is 67.1 Å². The van der Waals surface area contributed by atoms with Crippen LogP contribution in [0.2, 0.25) is 0 Å². The fourth-order valence-electron chi connectivity index (χ4n) is 3.88. The number of carbonyl (C=O) groups is 1. The number of amides is 1. The van der Waals surface area contributed by atoms with E-state index in [1.807, 2.05) is 0 Å². The molecule has 1 saturated carbocycles. The van der Waals surface area contributed by atoms with E-state index in [0.717, 1.165) is 19.3 Å². The Morgan fingerprint density at radius 1 is 1.31 bits per heavy atom. The maximum atomic E-state index is 13.6. The van der Waals surface area contributed by atoms with Gasteiger partial charge in [0.15, 0.2) is 11.6 Å². The third-order valence-electron chi connectivity index (χ3n) is 5.50. The molecule has 9 nitrogen and oxygen atoms in total. The number of aryl methyl sites for hydroxylation is 1. The molecule has 3 aromatic rings. The second-order valence-electron chi connectivity index (χ2n) is 8.03. The van der Waals surface area contributed by atoms with E-state index in [1.54, 1.807) is 25.1 Å². The van der Waals surface area contributed by atoms with E-state index in [0.29, 0.717) is 35.1 Å². The lowest BCUT2D eigenvalue weighted by molar-refractivity contribution is 0.0945. The minimum atomic E-state index is -0.461. The molecule has 1 amide bonds. The highest BCUT2D eigenvalue weighted by Gasteiger charge is 2.24. The van der Waals surface area contributed by atoms with Crippen LogP contribution >= 0.6 is 0 Å². The third-order valence-corrected chi connectivity index (χ3v) is 5.50. The van der Waals surface area contributed by atoms with Gasteiger partial charge in [0.05, 0.1) is 19.8 Å². The van der Waals surface area contributed by atoms with Gasteiger partial charge in [0, 0.05) is 17.8 Å². The number of hydrogen-bond acceptors (Lipinski definition) is 7. The second-order valence-corrected chi connectivity index (χ2v) is 8.03. The van der Waals surface area contributed by atoms with Crippen molar-refractivity contribution in [3.05, 3.63) is 53.1 Å². The molecule has 0 spiro atoms. The van der Waals surface area contributed by atoms with Crippen LogP contribution in [-0.2, 0) is 13.1 Å². The number of ether oxygens (including phenoxy) is 1. The molecule has 1 aliphatic rings. The summed E-state index contributed by atoms with van der Waals surface area (Å²) >= 11 is 0. The molecule has 0 saturated heterocycles. The summed E-state index contributed by atoms with van der Waals surface area (Å²) in [5, 5.41) is 25.2. The molecule has 2 atom stereocenters. The molecular formula is C22H25FN6O3. The Hall–Kier alpha value is -3.40. The Labute approximate surface area is 184 Å². The number of nitrogens with zero attached hydrogens (tertiary/aromatic N) is 5. The molecule has 1 aromatic carbocycles. The van der Waals surface area contributed by atoms with Crippen LogP contribution in [0.25, 0.3) is 11.4 Å². The van der Waals surface area contributed by atoms with Crippen LogP contribution in [-0.4, -0.2) is 49.4 Å². The fourth-order valence-corrected chi connectivity index (χ4v) is 3.88. The summed E-state index contributed by atoms with van der Waals surface area (Å²) in [6.07, 6.45) is 2.24. The van der Waals surface area contributed by atoms with E-state index in [1.165, 1.54) is 24.0 Å². The molecular weight excluding hydrogens is 415 g/mol. The average molecular weight is 440 g/mol. The summed E-state index contributed by atoms with van der Waals surface area (Å²) in [6.45, 7) is 2.58. The van der Waals surface area contributed by atoms with E-state index >= 15 is 0 Å². The van der Waals surface area contributed by atoms with Crippen LogP contribution in [0.15, 0.2) is 30.3 Å². The van der Waals surface area contributed by atoms with Crippen molar-refractivity contribution in [2.45, 2.75) is 45.4 Å². The number of rotatable bonds is 7. The summed E-state index contributed by atoms with van der Waals surface area (Å²) in [6, 6.07) is 7.83. The van der Waals surface area contributed by atoms with Gasteiger partial charge < -0.3 is 15.2 Å². The highest BCUT2D eigenvalue weighted by Crippen LogP contribution is 2.26. The molecule has 1 unspecified atom stereocenters. The third kappa shape index (κ3) is 5.08. The predicted molar refractivity (Wildman–Crippen MR) is 113 cm³/mol. The summed E-state index contributed by atoms with van der Waals surface area (Å²) in [5.41, 5.74) is 2.21. The van der Waals surface area contributed by atoms with E-state index in [2.05, 4.69) is 25.7 Å². The Bertz CT molecular complexity index is 1120. The summed E-state index contributed by atoms with van der Waals surface area (Å²) < 4.78 is 18.5. The Morgan fingerprint density at radius 3 is 2.91 bits per heavy atom. The number of carbonyl (C=O) groups excluding carboxylic acids is 1. The minimum absolute atomic E-state index is 0.119. The van der Waals surface area contributed by atoms with Crippen LogP contribution in [0.5, 0.6) is 5.75 Å². The number of aliphatic hydroxyl groups excluding tert-OH is 1. The molecule has 32 heavy (non-hydrogen) atoms. The first-order valence-corrected chi connectivity index (χ1v) is 10.5. The molecule has 1 aliphatic carbocycles. The lowest BCUT2D eigenvalue weighted by Gasteiger charge is -2.09. The SMILES string of the molecule is COc1cc(CNC(=O)c2cc(-c3nnn(C[C@@H]4CCC(O)C4)n3)cc(C)n2)ccc1F. The maximum Gasteiger partial charge on any atom is 0.270 e. The van der Waals surface area contributed by atoms with Crippen molar-refractivity contribution in [3.63, 3.8) is 0 Å². The molecule has 0 aliphatic heterocycles. The number of halogens is 1. The molecule has 2 N–H and O–H groups in total. The van der Waals surface area contributed by atoms with Crippen LogP contribution in [0.4, 0.5) is 4.39 Å². The Kier molecular flexibility index (Phi) is 6.40. The van der Waals surface area contributed by atoms with E-state index in [9.17, 15) is 14.3 Å². The zero-order chi connectivity index (χ0) is 22.7. The first kappa shape index (κ1) is 21.8. The van der Waals surface area contributed by atoms with Crippen molar-refractivity contribution in [2.75, 3.05) is 7.11 Å². The molecule has 0 radical (unpaired) electrons. The molecule has 10 heteroatoms. The molecule has 4 rings (SSSR count). The zero-order valence-corrected chi connectivity index (χ0v) is 18.0. The van der Waals surface area contributed by atoms with Gasteiger partial charge in [-0.25, -0.2) is 9.37 Å². The highest BCUT2D eigenvalue weighted by molar-refractivity contribution is 5.93. The quantitative estimate of drug-likeness (QED) is 0.579. The van der Waals surface area contributed by atoms with Crippen molar-refractivity contribution in [1.29, 1.82) is 0 Å². The second kappa shape index (κ2) is 9.39. The van der Waals surface area contributed by atoms with Gasteiger partial charge in [0.25, 0.3) is 5.91 Å². The number of hydrogen-bond donors (Lipinski definition) is 2. The first-order chi connectivity index (χ1) is 15.4. The van der Waals surface area contributed by atoms with Crippen LogP contribution < -0.4 is 10.1 Å². The van der Waals surface area contributed by atoms with E-state index in [4.69, 9.17) is 4.74 Å². The first-order valence-electron chi connectivity index (χ1n) is 10.5. The minimum Gasteiger partial charge on any atom is -0.494 e. The molecule has 1 fully saturated rings. The standard InChI is InChI=1S/C22H25FN6O3/c1-13-7-16(21-26-28-29(27-21)12-15-3-5-17(30)8-15)10-19(25-13)22(31)24-11-14-4-6-18(23)20(9-14)32-2/h4,6-7,9-10,15,17,30H,3,5,8,11-12H2,1-2H3,(H,24,31)/t15-,17?/m1/s1. The van der Waals surface area contributed by atoms with Crippen molar-refractivity contribution >= 4 is 5.91 Å². The highest BCUT2D eigenvalue weighted by atomic mass is 19.1. The number of methoxy groups -OCH3 is 1. The van der Waals surface area contributed by atoms with Crippen molar-refractivity contribution < 1.29 is 19.0 Å². The molecule has 2 aromatic heterocycles. The molecule has 2 heterocycles. The Balaban J connectivity index is 1.45. The largest absolute Gasteiger partial charge is 0.494 e. The summed E-state index contributed by atoms with van der Waals surface area (Å²) in [7, 11) is 1.39.